The molecule has 27 heavy (non-hydrogen) atoms. The number of hydrogen-bond donors (Lipinski definition) is 1. The number of hydrogen-bond acceptors (Lipinski definition) is 5. The van der Waals surface area contributed by atoms with Crippen LogP contribution in [-0.4, -0.2) is 25.6 Å². The number of sulfone groups is 1. The molecule has 0 aliphatic carbocycles. The summed E-state index contributed by atoms with van der Waals surface area (Å²) in [6.07, 6.45) is 3.23. The lowest BCUT2D eigenvalue weighted by atomic mass is 10.1. The van der Waals surface area contributed by atoms with Crippen molar-refractivity contribution in [2.24, 2.45) is 0 Å². The van der Waals surface area contributed by atoms with Crippen molar-refractivity contribution >= 4 is 32.2 Å². The van der Waals surface area contributed by atoms with Crippen LogP contribution in [0.5, 0.6) is 0 Å². The van der Waals surface area contributed by atoms with Gasteiger partial charge in [-0.3, -0.25) is 10.1 Å². The van der Waals surface area contributed by atoms with Crippen molar-refractivity contribution in [3.63, 3.8) is 0 Å². The fourth-order valence-corrected chi connectivity index (χ4v) is 4.02. The highest BCUT2D eigenvalue weighted by Gasteiger charge is 2.16. The molecule has 0 fully saturated rings. The molecule has 0 unspecified atom stereocenters. The Morgan fingerprint density at radius 2 is 2.00 bits per heavy atom. The Balaban J connectivity index is 1.76. The molecule has 1 N–H and O–H groups in total. The molecule has 5 nitrogen and oxygen atoms in total. The van der Waals surface area contributed by atoms with Crippen molar-refractivity contribution in [2.75, 3.05) is 11.6 Å². The van der Waals surface area contributed by atoms with E-state index in [2.05, 4.69) is 10.3 Å². The van der Waals surface area contributed by atoms with Gasteiger partial charge in [-0.2, -0.15) is 0 Å². The fraction of sp³-hybridized carbons (Fsp3) is 0.158. The standard InChI is InChI=1S/C19H17FN2O3S2/c1-12-6-7-16(27(2,24)25)10-17(12)18(23)22-19-21-11-15(26-19)9-13-4-3-5-14(20)8-13/h3-8,10-11H,9H2,1-2H3,(H,21,22,23). The number of thiazole rings is 1. The van der Waals surface area contributed by atoms with Crippen LogP contribution in [0.15, 0.2) is 53.6 Å². The molecular formula is C19H17FN2O3S2. The molecule has 0 atom stereocenters. The van der Waals surface area contributed by atoms with Crippen LogP contribution in [0.3, 0.4) is 0 Å². The molecule has 8 heteroatoms. The molecule has 0 aliphatic rings. The number of anilines is 1. The lowest BCUT2D eigenvalue weighted by Gasteiger charge is -2.07. The van der Waals surface area contributed by atoms with E-state index in [-0.39, 0.29) is 16.3 Å². The number of carbonyl (C=O) groups is 1. The molecule has 0 saturated carbocycles. The second-order valence-electron chi connectivity index (χ2n) is 6.14. The molecular weight excluding hydrogens is 387 g/mol. The third-order valence-corrected chi connectivity index (χ3v) is 5.95. The quantitative estimate of drug-likeness (QED) is 0.701. The van der Waals surface area contributed by atoms with E-state index >= 15 is 0 Å². The highest BCUT2D eigenvalue weighted by molar-refractivity contribution is 7.90. The average Bonchev–Trinajstić information content (AvgIpc) is 3.01. The molecule has 140 valence electrons. The summed E-state index contributed by atoms with van der Waals surface area (Å²) in [5, 5.41) is 3.09. The average molecular weight is 404 g/mol. The van der Waals surface area contributed by atoms with E-state index in [0.29, 0.717) is 17.1 Å². The Morgan fingerprint density at radius 1 is 1.22 bits per heavy atom. The van der Waals surface area contributed by atoms with E-state index in [1.807, 2.05) is 6.07 Å². The minimum Gasteiger partial charge on any atom is -0.298 e. The van der Waals surface area contributed by atoms with Crippen LogP contribution < -0.4 is 5.32 Å². The van der Waals surface area contributed by atoms with Crippen molar-refractivity contribution in [1.29, 1.82) is 0 Å². The van der Waals surface area contributed by atoms with E-state index in [1.54, 1.807) is 25.3 Å². The molecule has 1 heterocycles. The first-order valence-corrected chi connectivity index (χ1v) is 10.7. The summed E-state index contributed by atoms with van der Waals surface area (Å²) < 4.78 is 36.7. The van der Waals surface area contributed by atoms with Crippen LogP contribution in [0.25, 0.3) is 0 Å². The summed E-state index contributed by atoms with van der Waals surface area (Å²) in [5.41, 5.74) is 1.75. The van der Waals surface area contributed by atoms with Crippen LogP contribution in [0.1, 0.15) is 26.4 Å². The van der Waals surface area contributed by atoms with Gasteiger partial charge in [-0.1, -0.05) is 18.2 Å². The fourth-order valence-electron chi connectivity index (χ4n) is 2.54. The van der Waals surface area contributed by atoms with Crippen molar-refractivity contribution in [3.8, 4) is 0 Å². The van der Waals surface area contributed by atoms with Gasteiger partial charge in [-0.15, -0.1) is 11.3 Å². The van der Waals surface area contributed by atoms with E-state index in [9.17, 15) is 17.6 Å². The van der Waals surface area contributed by atoms with Crippen LogP contribution >= 0.6 is 11.3 Å². The zero-order chi connectivity index (χ0) is 19.6. The molecule has 0 bridgehead atoms. The Bertz CT molecular complexity index is 1110. The van der Waals surface area contributed by atoms with Gasteiger partial charge < -0.3 is 0 Å². The van der Waals surface area contributed by atoms with Crippen LogP contribution in [0.2, 0.25) is 0 Å². The van der Waals surface area contributed by atoms with Gasteiger partial charge in [0.25, 0.3) is 5.91 Å². The number of halogens is 1. The number of benzene rings is 2. The number of aryl methyl sites for hydroxylation is 1. The number of aromatic nitrogens is 1. The predicted molar refractivity (Wildman–Crippen MR) is 104 cm³/mol. The highest BCUT2D eigenvalue weighted by atomic mass is 32.2. The van der Waals surface area contributed by atoms with Crippen LogP contribution in [-0.2, 0) is 16.3 Å². The number of amides is 1. The molecule has 0 saturated heterocycles. The lowest BCUT2D eigenvalue weighted by molar-refractivity contribution is 0.102. The number of carbonyl (C=O) groups excluding carboxylic acids is 1. The molecule has 3 rings (SSSR count). The minimum absolute atomic E-state index is 0.0872. The van der Waals surface area contributed by atoms with E-state index in [0.717, 1.165) is 16.7 Å². The van der Waals surface area contributed by atoms with Crippen molar-refractivity contribution < 1.29 is 17.6 Å². The monoisotopic (exact) mass is 404 g/mol. The molecule has 1 aromatic heterocycles. The Morgan fingerprint density at radius 3 is 2.70 bits per heavy atom. The van der Waals surface area contributed by atoms with E-state index in [4.69, 9.17) is 0 Å². The highest BCUT2D eigenvalue weighted by Crippen LogP contribution is 2.23. The van der Waals surface area contributed by atoms with Gasteiger partial charge in [-0.25, -0.2) is 17.8 Å². The molecule has 0 radical (unpaired) electrons. The topological polar surface area (TPSA) is 76.1 Å². The third-order valence-electron chi connectivity index (χ3n) is 3.92. The first-order chi connectivity index (χ1) is 12.7. The number of nitrogens with one attached hydrogen (secondary N) is 1. The molecule has 0 spiro atoms. The van der Waals surface area contributed by atoms with Gasteiger partial charge in [0.15, 0.2) is 15.0 Å². The lowest BCUT2D eigenvalue weighted by Crippen LogP contribution is -2.14. The Kier molecular flexibility index (Phi) is 5.38. The van der Waals surface area contributed by atoms with Gasteiger partial charge in [0, 0.05) is 29.3 Å². The normalized spacial score (nSPS) is 11.4. The van der Waals surface area contributed by atoms with Crippen molar-refractivity contribution in [3.05, 3.63) is 76.0 Å². The largest absolute Gasteiger partial charge is 0.298 e. The maximum absolute atomic E-state index is 13.3. The van der Waals surface area contributed by atoms with Gasteiger partial charge >= 0.3 is 0 Å². The summed E-state index contributed by atoms with van der Waals surface area (Å²) in [6, 6.07) is 10.7. The number of rotatable bonds is 5. The summed E-state index contributed by atoms with van der Waals surface area (Å²) >= 11 is 1.29. The van der Waals surface area contributed by atoms with Gasteiger partial charge in [0.1, 0.15) is 5.82 Å². The predicted octanol–water partition coefficient (Wildman–Crippen LogP) is 3.84. The van der Waals surface area contributed by atoms with Crippen molar-refractivity contribution in [1.82, 2.24) is 4.98 Å². The second-order valence-corrected chi connectivity index (χ2v) is 9.27. The smallest absolute Gasteiger partial charge is 0.257 e. The van der Waals surface area contributed by atoms with Crippen LogP contribution in [0, 0.1) is 12.7 Å². The summed E-state index contributed by atoms with van der Waals surface area (Å²) in [5.74, 6) is -0.726. The molecule has 2 aromatic carbocycles. The summed E-state index contributed by atoms with van der Waals surface area (Å²) in [4.78, 5) is 17.7. The summed E-state index contributed by atoms with van der Waals surface area (Å²) in [7, 11) is -3.41. The molecule has 1 amide bonds. The van der Waals surface area contributed by atoms with E-state index < -0.39 is 15.7 Å². The van der Waals surface area contributed by atoms with E-state index in [1.165, 1.54) is 35.6 Å². The number of nitrogens with zero attached hydrogens (tertiary/aromatic N) is 1. The first-order valence-electron chi connectivity index (χ1n) is 8.03. The van der Waals surface area contributed by atoms with Gasteiger partial charge in [0.2, 0.25) is 0 Å². The minimum atomic E-state index is -3.41. The maximum atomic E-state index is 13.3. The second kappa shape index (κ2) is 7.58. The maximum Gasteiger partial charge on any atom is 0.257 e. The molecule has 0 aliphatic heterocycles. The van der Waals surface area contributed by atoms with Gasteiger partial charge in [0.05, 0.1) is 4.90 Å². The SMILES string of the molecule is Cc1ccc(S(C)(=O)=O)cc1C(=O)Nc1ncc(Cc2cccc(F)c2)s1. The first kappa shape index (κ1) is 19.2. The van der Waals surface area contributed by atoms with Crippen LogP contribution in [0.4, 0.5) is 9.52 Å². The third kappa shape index (κ3) is 4.78. The Hall–Kier alpha value is -2.58. The van der Waals surface area contributed by atoms with Crippen molar-refractivity contribution in [2.45, 2.75) is 18.2 Å². The van der Waals surface area contributed by atoms with Gasteiger partial charge in [-0.05, 0) is 42.3 Å². The Labute approximate surface area is 160 Å². The molecule has 3 aromatic rings. The summed E-state index contributed by atoms with van der Waals surface area (Å²) in [6.45, 7) is 1.73. The zero-order valence-corrected chi connectivity index (χ0v) is 16.3. The zero-order valence-electron chi connectivity index (χ0n) is 14.7.